The van der Waals surface area contributed by atoms with E-state index in [4.69, 9.17) is 0 Å². The van der Waals surface area contributed by atoms with Crippen LogP contribution >= 0.6 is 11.3 Å². The molecule has 8 nitrogen and oxygen atoms in total. The lowest BCUT2D eigenvalue weighted by atomic mass is 10.1. The fourth-order valence-corrected chi connectivity index (χ4v) is 4.39. The molecule has 2 aromatic heterocycles. The Morgan fingerprint density at radius 2 is 1.83 bits per heavy atom. The van der Waals surface area contributed by atoms with Crippen molar-refractivity contribution in [1.29, 1.82) is 0 Å². The molecule has 0 fully saturated rings. The second-order valence-corrected chi connectivity index (χ2v) is 7.51. The van der Waals surface area contributed by atoms with Crippen molar-refractivity contribution in [3.05, 3.63) is 74.8 Å². The van der Waals surface area contributed by atoms with Crippen molar-refractivity contribution < 1.29 is 19.1 Å². The fraction of sp³-hybridized carbons (Fsp3) is 0.0500. The predicted octanol–water partition coefficient (Wildman–Crippen LogP) is -0.0285. The van der Waals surface area contributed by atoms with Gasteiger partial charge in [-0.25, -0.2) is 4.39 Å². The highest BCUT2D eigenvalue weighted by Gasteiger charge is 2.34. The third kappa shape index (κ3) is 2.69. The number of hydrogen-bond donors (Lipinski definition) is 0. The number of para-hydroxylation sites is 1. The smallest absolute Gasteiger partial charge is 0.291 e. The molecule has 5 rings (SSSR count). The zero-order chi connectivity index (χ0) is 21.0. The predicted molar refractivity (Wildman–Crippen MR) is 104 cm³/mol. The van der Waals surface area contributed by atoms with E-state index < -0.39 is 29.8 Å². The Bertz CT molecular complexity index is 1460. The standard InChI is InChI=1S/C20H11FN4O4S/c21-11-7-5-10(6-8-11)17-22-20-25(23-17)19(29)16(30-20)15-12-3-1-2-4-13(12)24(18(15)28)9-14(26)27/h1-8H,9H2,(H,26,27)/p-1/b16-15-. The summed E-state index contributed by atoms with van der Waals surface area (Å²) in [6.07, 6.45) is 0. The summed E-state index contributed by atoms with van der Waals surface area (Å²) in [5, 5.41) is 15.3. The number of amides is 1. The van der Waals surface area contributed by atoms with E-state index in [0.29, 0.717) is 16.8 Å². The molecule has 0 aliphatic carbocycles. The molecule has 0 saturated carbocycles. The molecule has 4 aromatic rings. The first-order valence-corrected chi connectivity index (χ1v) is 9.56. The number of anilines is 1. The average Bonchev–Trinajstić information content (AvgIpc) is 3.35. The van der Waals surface area contributed by atoms with Gasteiger partial charge in [-0.15, -0.1) is 5.10 Å². The zero-order valence-electron chi connectivity index (χ0n) is 15.0. The van der Waals surface area contributed by atoms with Gasteiger partial charge < -0.3 is 14.8 Å². The number of benzene rings is 2. The van der Waals surface area contributed by atoms with Gasteiger partial charge in [0.1, 0.15) is 10.3 Å². The average molecular weight is 421 g/mol. The van der Waals surface area contributed by atoms with E-state index >= 15 is 0 Å². The lowest BCUT2D eigenvalue weighted by Crippen LogP contribution is -2.40. The van der Waals surface area contributed by atoms with Crippen molar-refractivity contribution in [3.8, 4) is 11.4 Å². The highest BCUT2D eigenvalue weighted by atomic mass is 32.1. The quantitative estimate of drug-likeness (QED) is 0.460. The van der Waals surface area contributed by atoms with Gasteiger partial charge >= 0.3 is 0 Å². The Hall–Kier alpha value is -3.92. The molecule has 1 aliphatic rings. The second kappa shape index (κ2) is 6.56. The minimum absolute atomic E-state index is 0.109. The number of carbonyl (C=O) groups is 2. The van der Waals surface area contributed by atoms with Crippen LogP contribution in [0.15, 0.2) is 53.3 Å². The Labute approximate surface area is 171 Å². The van der Waals surface area contributed by atoms with E-state index in [9.17, 15) is 23.9 Å². The van der Waals surface area contributed by atoms with Crippen LogP contribution < -0.4 is 20.1 Å². The Morgan fingerprint density at radius 1 is 1.10 bits per heavy atom. The van der Waals surface area contributed by atoms with Crippen LogP contribution in [-0.4, -0.2) is 33.0 Å². The molecule has 0 unspecified atom stereocenters. The molecule has 148 valence electrons. The van der Waals surface area contributed by atoms with Gasteiger partial charge in [0.2, 0.25) is 4.96 Å². The summed E-state index contributed by atoms with van der Waals surface area (Å²) in [6, 6.07) is 12.2. The molecule has 2 aromatic carbocycles. The Kier molecular flexibility index (Phi) is 3.97. The van der Waals surface area contributed by atoms with Crippen LogP contribution in [0.4, 0.5) is 10.1 Å². The Balaban J connectivity index is 1.70. The molecule has 0 radical (unpaired) electrons. The molecule has 3 heterocycles. The molecular weight excluding hydrogens is 411 g/mol. The lowest BCUT2D eigenvalue weighted by molar-refractivity contribution is -0.303. The van der Waals surface area contributed by atoms with Gasteiger partial charge in [0, 0.05) is 11.1 Å². The number of carboxylic acid groups (broad SMARTS) is 1. The van der Waals surface area contributed by atoms with E-state index in [-0.39, 0.29) is 20.9 Å². The molecule has 1 aliphatic heterocycles. The zero-order valence-corrected chi connectivity index (χ0v) is 15.9. The lowest BCUT2D eigenvalue weighted by Gasteiger charge is -2.17. The molecule has 30 heavy (non-hydrogen) atoms. The first-order valence-electron chi connectivity index (χ1n) is 8.75. The molecule has 0 bridgehead atoms. The highest BCUT2D eigenvalue weighted by molar-refractivity contribution is 7.15. The van der Waals surface area contributed by atoms with E-state index in [1.54, 1.807) is 24.3 Å². The summed E-state index contributed by atoms with van der Waals surface area (Å²) < 4.78 is 14.3. The van der Waals surface area contributed by atoms with Crippen molar-refractivity contribution in [2.24, 2.45) is 0 Å². The van der Waals surface area contributed by atoms with Crippen LogP contribution in [0, 0.1) is 5.82 Å². The minimum atomic E-state index is -1.41. The molecule has 0 saturated heterocycles. The number of thiazole rings is 1. The van der Waals surface area contributed by atoms with Gasteiger partial charge in [0.25, 0.3) is 11.5 Å². The second-order valence-electron chi connectivity index (χ2n) is 6.53. The number of aliphatic carboxylic acids is 1. The number of nitrogens with zero attached hydrogens (tertiary/aromatic N) is 4. The number of carboxylic acids is 1. The largest absolute Gasteiger partial charge is 0.548 e. The van der Waals surface area contributed by atoms with E-state index in [1.165, 1.54) is 24.3 Å². The molecule has 0 atom stereocenters. The normalized spacial score (nSPS) is 15.1. The van der Waals surface area contributed by atoms with Crippen LogP contribution in [0.25, 0.3) is 21.9 Å². The molecular formula is C20H10FN4O4S-. The van der Waals surface area contributed by atoms with Crippen LogP contribution in [0.1, 0.15) is 5.56 Å². The third-order valence-corrected chi connectivity index (χ3v) is 5.73. The molecule has 0 N–H and O–H groups in total. The number of rotatable bonds is 3. The molecule has 10 heteroatoms. The summed E-state index contributed by atoms with van der Waals surface area (Å²) in [5.41, 5.74) is 0.973. The number of aromatic nitrogens is 3. The van der Waals surface area contributed by atoms with Gasteiger partial charge in [-0.3, -0.25) is 9.59 Å². The topological polar surface area (TPSA) is 108 Å². The minimum Gasteiger partial charge on any atom is -0.548 e. The van der Waals surface area contributed by atoms with Crippen molar-refractivity contribution in [1.82, 2.24) is 14.6 Å². The summed E-state index contributed by atoms with van der Waals surface area (Å²) in [6.45, 7) is -0.622. The summed E-state index contributed by atoms with van der Waals surface area (Å²) in [5.74, 6) is -2.15. The van der Waals surface area contributed by atoms with E-state index in [1.807, 2.05) is 0 Å². The van der Waals surface area contributed by atoms with Gasteiger partial charge in [0.05, 0.1) is 23.8 Å². The van der Waals surface area contributed by atoms with Crippen LogP contribution in [0.3, 0.4) is 0 Å². The first-order chi connectivity index (χ1) is 14.4. The van der Waals surface area contributed by atoms with Crippen LogP contribution in [0.5, 0.6) is 0 Å². The third-order valence-electron chi connectivity index (χ3n) is 4.70. The maximum absolute atomic E-state index is 13.1. The van der Waals surface area contributed by atoms with Gasteiger partial charge in [0.15, 0.2) is 5.82 Å². The van der Waals surface area contributed by atoms with Crippen molar-refractivity contribution in [3.63, 3.8) is 0 Å². The molecule has 0 spiro atoms. The van der Waals surface area contributed by atoms with E-state index in [2.05, 4.69) is 10.1 Å². The number of fused-ring (bicyclic) bond motifs is 2. The maximum atomic E-state index is 13.1. The Morgan fingerprint density at radius 3 is 2.53 bits per heavy atom. The molecule has 1 amide bonds. The number of halogens is 1. The maximum Gasteiger partial charge on any atom is 0.291 e. The monoisotopic (exact) mass is 421 g/mol. The summed E-state index contributed by atoms with van der Waals surface area (Å²) >= 11 is 0.983. The first kappa shape index (κ1) is 18.1. The number of carbonyl (C=O) groups excluding carboxylic acids is 2. The van der Waals surface area contributed by atoms with Crippen LogP contribution in [0.2, 0.25) is 0 Å². The van der Waals surface area contributed by atoms with Gasteiger partial charge in [-0.2, -0.15) is 9.50 Å². The van der Waals surface area contributed by atoms with Gasteiger partial charge in [-0.05, 0) is 30.3 Å². The number of hydrogen-bond acceptors (Lipinski definition) is 7. The fourth-order valence-electron chi connectivity index (χ4n) is 3.39. The van der Waals surface area contributed by atoms with Crippen molar-refractivity contribution in [2.45, 2.75) is 0 Å². The van der Waals surface area contributed by atoms with Crippen molar-refractivity contribution in [2.75, 3.05) is 11.4 Å². The van der Waals surface area contributed by atoms with Gasteiger partial charge in [-0.1, -0.05) is 29.5 Å². The summed E-state index contributed by atoms with van der Waals surface area (Å²) in [7, 11) is 0. The van der Waals surface area contributed by atoms with E-state index in [0.717, 1.165) is 20.8 Å². The van der Waals surface area contributed by atoms with Crippen LogP contribution in [-0.2, 0) is 9.59 Å². The highest BCUT2D eigenvalue weighted by Crippen LogP contribution is 2.34. The van der Waals surface area contributed by atoms with Crippen molar-refractivity contribution >= 4 is 39.4 Å². The summed E-state index contributed by atoms with van der Waals surface area (Å²) in [4.78, 5) is 42.7. The SMILES string of the molecule is O=C([O-])CN1C(=O)/C(=c2\sc3nc(-c4ccc(F)cc4)nn3c2=O)c2ccccc21.